The average Bonchev–Trinajstić information content (AvgIpc) is 3.27. The molecule has 0 amide bonds. The molecule has 1 saturated carbocycles. The Morgan fingerprint density at radius 2 is 1.72 bits per heavy atom. The number of rotatable bonds is 9. The van der Waals surface area contributed by atoms with Gasteiger partial charge < -0.3 is 0 Å². The van der Waals surface area contributed by atoms with E-state index in [2.05, 4.69) is 49.1 Å². The van der Waals surface area contributed by atoms with Gasteiger partial charge in [-0.3, -0.25) is 4.90 Å². The van der Waals surface area contributed by atoms with Gasteiger partial charge in [-0.2, -0.15) is 5.26 Å². The Hall–Kier alpha value is -2.18. The quantitative estimate of drug-likeness (QED) is 0.489. The van der Waals surface area contributed by atoms with Crippen molar-refractivity contribution in [3.8, 4) is 6.07 Å². The van der Waals surface area contributed by atoms with Gasteiger partial charge in [0.2, 0.25) is 0 Å². The second-order valence-electron chi connectivity index (χ2n) is 8.70. The van der Waals surface area contributed by atoms with Crippen LogP contribution in [0.25, 0.3) is 0 Å². The number of hydrogen-bond donors (Lipinski definition) is 0. The topological polar surface area (TPSA) is 27.0 Å². The SMILES string of the molecule is CC(C)N(CCCC(C#N)(c1ccccc1F)C1CCCC1)Cc1ccccc1. The van der Waals surface area contributed by atoms with Crippen LogP contribution in [-0.2, 0) is 12.0 Å². The highest BCUT2D eigenvalue weighted by Crippen LogP contribution is 2.45. The lowest BCUT2D eigenvalue weighted by atomic mass is 9.67. The van der Waals surface area contributed by atoms with Crippen LogP contribution >= 0.6 is 0 Å². The van der Waals surface area contributed by atoms with E-state index in [1.807, 2.05) is 18.2 Å². The van der Waals surface area contributed by atoms with E-state index in [9.17, 15) is 9.65 Å². The first-order valence-electron chi connectivity index (χ1n) is 11.0. The minimum absolute atomic E-state index is 0.231. The summed E-state index contributed by atoms with van der Waals surface area (Å²) in [5.41, 5.74) is 1.20. The Morgan fingerprint density at radius 1 is 1.07 bits per heavy atom. The molecule has 1 aliphatic rings. The predicted octanol–water partition coefficient (Wildman–Crippen LogP) is 6.47. The summed E-state index contributed by atoms with van der Waals surface area (Å²) < 4.78 is 14.8. The molecule has 0 N–H and O–H groups in total. The third kappa shape index (κ3) is 5.06. The summed E-state index contributed by atoms with van der Waals surface area (Å²) in [5, 5.41) is 10.3. The molecule has 2 aromatic rings. The molecular formula is C26H33FN2. The standard InChI is InChI=1S/C26H33FN2/c1-21(2)29(19-22-11-4-3-5-12-22)18-10-17-26(20-28,23-13-6-7-14-23)24-15-8-9-16-25(24)27/h3-5,8-9,11-12,15-16,21,23H,6-7,10,13-14,17-19H2,1-2H3. The highest BCUT2D eigenvalue weighted by molar-refractivity contribution is 5.35. The zero-order chi connectivity index (χ0) is 20.7. The van der Waals surface area contributed by atoms with Gasteiger partial charge in [-0.15, -0.1) is 0 Å². The summed E-state index contributed by atoms with van der Waals surface area (Å²) in [4.78, 5) is 2.45. The zero-order valence-corrected chi connectivity index (χ0v) is 17.8. The summed E-state index contributed by atoms with van der Waals surface area (Å²) >= 11 is 0. The minimum Gasteiger partial charge on any atom is -0.297 e. The minimum atomic E-state index is -0.711. The lowest BCUT2D eigenvalue weighted by Crippen LogP contribution is -2.36. The van der Waals surface area contributed by atoms with Gasteiger partial charge >= 0.3 is 0 Å². The van der Waals surface area contributed by atoms with E-state index >= 15 is 0 Å². The lowest BCUT2D eigenvalue weighted by molar-refractivity contribution is 0.196. The van der Waals surface area contributed by atoms with E-state index in [-0.39, 0.29) is 11.7 Å². The highest BCUT2D eigenvalue weighted by Gasteiger charge is 2.43. The van der Waals surface area contributed by atoms with E-state index in [1.165, 1.54) is 11.6 Å². The Morgan fingerprint density at radius 3 is 2.34 bits per heavy atom. The fraction of sp³-hybridized carbons (Fsp3) is 0.500. The van der Waals surface area contributed by atoms with E-state index < -0.39 is 5.41 Å². The zero-order valence-electron chi connectivity index (χ0n) is 17.8. The van der Waals surface area contributed by atoms with Crippen molar-refractivity contribution in [2.45, 2.75) is 70.4 Å². The molecule has 2 aromatic carbocycles. The summed E-state index contributed by atoms with van der Waals surface area (Å²) in [6.07, 6.45) is 5.96. The van der Waals surface area contributed by atoms with Crippen molar-refractivity contribution in [2.75, 3.05) is 6.54 Å². The number of nitriles is 1. The van der Waals surface area contributed by atoms with E-state index in [0.29, 0.717) is 18.0 Å². The molecule has 1 atom stereocenters. The molecule has 1 aliphatic carbocycles. The first-order valence-corrected chi connectivity index (χ1v) is 11.0. The lowest BCUT2D eigenvalue weighted by Gasteiger charge is -2.35. The number of benzene rings is 2. The molecule has 0 radical (unpaired) electrons. The Bertz CT molecular complexity index is 805. The molecule has 0 bridgehead atoms. The summed E-state index contributed by atoms with van der Waals surface area (Å²) in [7, 11) is 0. The molecule has 1 fully saturated rings. The molecule has 3 heteroatoms. The Kier molecular flexibility index (Phi) is 7.45. The molecule has 154 valence electrons. The fourth-order valence-corrected chi connectivity index (χ4v) is 4.91. The van der Waals surface area contributed by atoms with Crippen molar-refractivity contribution in [1.29, 1.82) is 5.26 Å². The van der Waals surface area contributed by atoms with Crippen molar-refractivity contribution in [3.05, 3.63) is 71.5 Å². The van der Waals surface area contributed by atoms with Crippen LogP contribution < -0.4 is 0 Å². The van der Waals surface area contributed by atoms with Gasteiger partial charge in [0.05, 0.1) is 11.5 Å². The van der Waals surface area contributed by atoms with Crippen molar-refractivity contribution in [1.82, 2.24) is 4.90 Å². The van der Waals surface area contributed by atoms with Gasteiger partial charge in [-0.1, -0.05) is 61.4 Å². The van der Waals surface area contributed by atoms with E-state index in [0.717, 1.165) is 45.2 Å². The van der Waals surface area contributed by atoms with Crippen LogP contribution in [0.3, 0.4) is 0 Å². The Balaban J connectivity index is 1.76. The molecule has 29 heavy (non-hydrogen) atoms. The monoisotopic (exact) mass is 392 g/mol. The molecule has 0 aromatic heterocycles. The van der Waals surface area contributed by atoms with Gasteiger partial charge in [0.25, 0.3) is 0 Å². The first-order chi connectivity index (χ1) is 14.1. The van der Waals surface area contributed by atoms with Crippen molar-refractivity contribution in [2.24, 2.45) is 5.92 Å². The summed E-state index contributed by atoms with van der Waals surface area (Å²) in [6.45, 7) is 6.25. The molecule has 0 spiro atoms. The molecule has 0 heterocycles. The van der Waals surface area contributed by atoms with Crippen molar-refractivity contribution < 1.29 is 4.39 Å². The van der Waals surface area contributed by atoms with Crippen LogP contribution in [-0.4, -0.2) is 17.5 Å². The maximum absolute atomic E-state index is 14.8. The molecule has 0 aliphatic heterocycles. The van der Waals surface area contributed by atoms with Crippen LogP contribution in [0.1, 0.15) is 63.5 Å². The second-order valence-corrected chi connectivity index (χ2v) is 8.70. The normalized spacial score (nSPS) is 16.8. The molecular weight excluding hydrogens is 359 g/mol. The number of halogens is 1. The maximum atomic E-state index is 14.8. The second kappa shape index (κ2) is 10.0. The van der Waals surface area contributed by atoms with Crippen LogP contribution in [0.15, 0.2) is 54.6 Å². The third-order valence-electron chi connectivity index (χ3n) is 6.58. The molecule has 2 nitrogen and oxygen atoms in total. The maximum Gasteiger partial charge on any atom is 0.128 e. The van der Waals surface area contributed by atoms with E-state index in [4.69, 9.17) is 0 Å². The van der Waals surface area contributed by atoms with Gasteiger partial charge in [0, 0.05) is 18.2 Å². The molecule has 3 rings (SSSR count). The Labute approximate surface area is 175 Å². The van der Waals surface area contributed by atoms with Crippen LogP contribution in [0.5, 0.6) is 0 Å². The van der Waals surface area contributed by atoms with Gasteiger partial charge in [-0.05, 0) is 63.6 Å². The van der Waals surface area contributed by atoms with Gasteiger partial charge in [0.1, 0.15) is 5.82 Å². The van der Waals surface area contributed by atoms with Crippen molar-refractivity contribution in [3.63, 3.8) is 0 Å². The average molecular weight is 393 g/mol. The first kappa shape index (κ1) is 21.5. The summed E-state index contributed by atoms with van der Waals surface area (Å²) in [5.74, 6) is 0.0250. The summed E-state index contributed by atoms with van der Waals surface area (Å²) in [6, 6.07) is 20.5. The van der Waals surface area contributed by atoms with Gasteiger partial charge in [0.15, 0.2) is 0 Å². The number of hydrogen-bond acceptors (Lipinski definition) is 2. The van der Waals surface area contributed by atoms with Crippen LogP contribution in [0.4, 0.5) is 4.39 Å². The smallest absolute Gasteiger partial charge is 0.128 e. The molecule has 1 unspecified atom stereocenters. The number of nitrogens with zero attached hydrogens (tertiary/aromatic N) is 2. The highest BCUT2D eigenvalue weighted by atomic mass is 19.1. The third-order valence-corrected chi connectivity index (χ3v) is 6.58. The van der Waals surface area contributed by atoms with E-state index in [1.54, 1.807) is 6.07 Å². The largest absolute Gasteiger partial charge is 0.297 e. The fourth-order valence-electron chi connectivity index (χ4n) is 4.91. The van der Waals surface area contributed by atoms with Gasteiger partial charge in [-0.25, -0.2) is 4.39 Å². The predicted molar refractivity (Wildman–Crippen MR) is 117 cm³/mol. The molecule has 0 saturated heterocycles. The van der Waals surface area contributed by atoms with Crippen LogP contribution in [0.2, 0.25) is 0 Å². The van der Waals surface area contributed by atoms with Crippen molar-refractivity contribution >= 4 is 0 Å². The van der Waals surface area contributed by atoms with Crippen LogP contribution in [0, 0.1) is 23.1 Å².